The van der Waals surface area contributed by atoms with Crippen molar-refractivity contribution in [1.29, 1.82) is 0 Å². The number of fused-ring (bicyclic) bond motifs is 1. The minimum atomic E-state index is -0.981. The van der Waals surface area contributed by atoms with Crippen LogP contribution >= 0.6 is 0 Å². The number of carbonyl (C=O) groups is 5. The van der Waals surface area contributed by atoms with Gasteiger partial charge >= 0.3 is 0 Å². The van der Waals surface area contributed by atoms with Gasteiger partial charge in [-0.3, -0.25) is 39.1 Å². The second-order valence-electron chi connectivity index (χ2n) is 8.82. The van der Waals surface area contributed by atoms with Crippen molar-refractivity contribution in [3.05, 3.63) is 34.9 Å². The lowest BCUT2D eigenvalue weighted by Crippen LogP contribution is -2.69. The molecule has 2 atom stereocenters. The summed E-state index contributed by atoms with van der Waals surface area (Å²) < 4.78 is 0. The maximum Gasteiger partial charge on any atom is 0.262 e. The lowest BCUT2D eigenvalue weighted by Gasteiger charge is -2.48. The minimum absolute atomic E-state index is 0.0207. The van der Waals surface area contributed by atoms with Crippen molar-refractivity contribution in [1.82, 2.24) is 25.8 Å². The average molecular weight is 439 g/mol. The quantitative estimate of drug-likeness (QED) is 0.523. The summed E-state index contributed by atoms with van der Waals surface area (Å²) in [6, 6.07) is 4.13. The number of benzene rings is 1. The highest BCUT2D eigenvalue weighted by atomic mass is 16.2. The lowest BCUT2D eigenvalue weighted by molar-refractivity contribution is -0.139. The second-order valence-corrected chi connectivity index (χ2v) is 8.82. The Kier molecular flexibility index (Phi) is 5.06. The Bertz CT molecular complexity index is 1030. The average Bonchev–Trinajstić information content (AvgIpc) is 3.02. The Labute approximate surface area is 184 Å². The lowest BCUT2D eigenvalue weighted by atomic mass is 9.85. The van der Waals surface area contributed by atoms with E-state index in [4.69, 9.17) is 0 Å². The fourth-order valence-corrected chi connectivity index (χ4v) is 5.25. The predicted molar refractivity (Wildman–Crippen MR) is 111 cm³/mol. The molecule has 0 bridgehead atoms. The molecule has 4 aliphatic heterocycles. The summed E-state index contributed by atoms with van der Waals surface area (Å²) in [4.78, 5) is 65.5. The van der Waals surface area contributed by atoms with E-state index in [0.29, 0.717) is 26.2 Å². The van der Waals surface area contributed by atoms with E-state index in [1.165, 1.54) is 0 Å². The van der Waals surface area contributed by atoms with Gasteiger partial charge in [-0.15, -0.1) is 0 Å². The van der Waals surface area contributed by atoms with Crippen LogP contribution in [0.4, 0.5) is 0 Å². The molecule has 2 unspecified atom stereocenters. The van der Waals surface area contributed by atoms with Gasteiger partial charge in [0.15, 0.2) is 0 Å². The molecule has 0 aliphatic carbocycles. The summed E-state index contributed by atoms with van der Waals surface area (Å²) in [5, 5.41) is 8.50. The highest BCUT2D eigenvalue weighted by Gasteiger charge is 2.47. The van der Waals surface area contributed by atoms with Crippen LogP contribution in [0.2, 0.25) is 0 Å². The first-order valence-electron chi connectivity index (χ1n) is 11.0. The van der Waals surface area contributed by atoms with Crippen molar-refractivity contribution in [2.75, 3.05) is 26.2 Å². The number of piperidine rings is 2. The third kappa shape index (κ3) is 3.21. The first kappa shape index (κ1) is 20.8. The van der Waals surface area contributed by atoms with Crippen LogP contribution in [0.15, 0.2) is 18.2 Å². The molecule has 32 heavy (non-hydrogen) atoms. The molecule has 4 heterocycles. The monoisotopic (exact) mass is 439 g/mol. The molecule has 0 radical (unpaired) electrons. The summed E-state index contributed by atoms with van der Waals surface area (Å²) in [5.74, 6) is -2.04. The fourth-order valence-electron chi connectivity index (χ4n) is 5.25. The molecule has 5 amide bonds. The van der Waals surface area contributed by atoms with Crippen molar-refractivity contribution < 1.29 is 24.0 Å². The summed E-state index contributed by atoms with van der Waals surface area (Å²) in [7, 11) is 0. The molecular formula is C22H25N5O5. The highest BCUT2D eigenvalue weighted by Crippen LogP contribution is 2.31. The van der Waals surface area contributed by atoms with E-state index in [1.807, 2.05) is 0 Å². The van der Waals surface area contributed by atoms with Crippen LogP contribution in [0, 0.1) is 0 Å². The molecule has 3 fully saturated rings. The minimum Gasteiger partial charge on any atom is -0.353 e. The zero-order valence-electron chi connectivity index (χ0n) is 17.6. The van der Waals surface area contributed by atoms with Crippen molar-refractivity contribution in [2.45, 2.75) is 43.8 Å². The van der Waals surface area contributed by atoms with Crippen LogP contribution in [-0.4, -0.2) is 77.1 Å². The van der Waals surface area contributed by atoms with Gasteiger partial charge < -0.3 is 10.6 Å². The maximum absolute atomic E-state index is 13.1. The molecule has 0 aromatic heterocycles. The number of nitrogens with zero attached hydrogens (tertiary/aromatic N) is 2. The van der Waals surface area contributed by atoms with E-state index in [9.17, 15) is 24.0 Å². The van der Waals surface area contributed by atoms with E-state index in [-0.39, 0.29) is 29.9 Å². The first-order valence-corrected chi connectivity index (χ1v) is 11.0. The van der Waals surface area contributed by atoms with Gasteiger partial charge in [0.05, 0.1) is 11.1 Å². The van der Waals surface area contributed by atoms with Gasteiger partial charge in [-0.25, -0.2) is 0 Å². The summed E-state index contributed by atoms with van der Waals surface area (Å²) in [6.07, 6.45) is 1.88. The number of amides is 5. The van der Waals surface area contributed by atoms with Crippen LogP contribution in [-0.2, 0) is 20.9 Å². The van der Waals surface area contributed by atoms with Crippen LogP contribution in [0.25, 0.3) is 0 Å². The highest BCUT2D eigenvalue weighted by molar-refractivity contribution is 6.23. The summed E-state index contributed by atoms with van der Waals surface area (Å²) in [6.45, 7) is 3.19. The van der Waals surface area contributed by atoms with E-state index in [0.717, 1.165) is 29.8 Å². The Hall–Kier alpha value is -3.11. The van der Waals surface area contributed by atoms with Crippen molar-refractivity contribution >= 4 is 29.5 Å². The molecular weight excluding hydrogens is 414 g/mol. The van der Waals surface area contributed by atoms with Gasteiger partial charge in [0.25, 0.3) is 11.8 Å². The Balaban J connectivity index is 1.40. The molecule has 3 saturated heterocycles. The van der Waals surface area contributed by atoms with Crippen molar-refractivity contribution in [3.8, 4) is 0 Å². The largest absolute Gasteiger partial charge is 0.353 e. The normalized spacial score (nSPS) is 28.7. The Morgan fingerprint density at radius 3 is 2.59 bits per heavy atom. The number of nitrogens with one attached hydrogen (secondary N) is 3. The number of piperazine rings is 1. The van der Waals surface area contributed by atoms with E-state index < -0.39 is 35.2 Å². The van der Waals surface area contributed by atoms with Gasteiger partial charge in [0.1, 0.15) is 11.6 Å². The number of hydrogen-bond acceptors (Lipinski definition) is 7. The topological polar surface area (TPSA) is 128 Å². The number of hydrogen-bond donors (Lipinski definition) is 3. The molecule has 0 saturated carbocycles. The Morgan fingerprint density at radius 1 is 1.03 bits per heavy atom. The van der Waals surface area contributed by atoms with E-state index >= 15 is 0 Å². The second kappa shape index (κ2) is 7.79. The van der Waals surface area contributed by atoms with Crippen LogP contribution in [0.1, 0.15) is 52.0 Å². The summed E-state index contributed by atoms with van der Waals surface area (Å²) >= 11 is 0. The first-order chi connectivity index (χ1) is 15.4. The maximum atomic E-state index is 13.1. The zero-order chi connectivity index (χ0) is 22.5. The standard InChI is InChI=1S/C22H25N5O5/c28-17-5-4-16(18(29)25-17)27-19(30)14-3-2-13(10-15(14)20(27)31)11-26-9-8-24-21(32)22(26)6-1-7-23-12-22/h2-3,10,16,23H,1,4-9,11-12H2,(H,24,32)(H,25,28,29). The van der Waals surface area contributed by atoms with Gasteiger partial charge in [-0.05, 0) is 43.5 Å². The molecule has 1 aromatic rings. The van der Waals surface area contributed by atoms with E-state index in [2.05, 4.69) is 20.9 Å². The third-order valence-electron chi connectivity index (χ3n) is 6.93. The Morgan fingerprint density at radius 2 is 1.84 bits per heavy atom. The van der Waals surface area contributed by atoms with Gasteiger partial charge in [0.2, 0.25) is 17.7 Å². The fraction of sp³-hybridized carbons (Fsp3) is 0.500. The number of rotatable bonds is 3. The molecule has 4 aliphatic rings. The zero-order valence-corrected chi connectivity index (χ0v) is 17.6. The molecule has 10 nitrogen and oxygen atoms in total. The molecule has 1 aromatic carbocycles. The van der Waals surface area contributed by atoms with Gasteiger partial charge in [-0.1, -0.05) is 6.07 Å². The molecule has 3 N–H and O–H groups in total. The molecule has 10 heteroatoms. The van der Waals surface area contributed by atoms with Crippen molar-refractivity contribution in [2.24, 2.45) is 0 Å². The molecule has 168 valence electrons. The summed E-state index contributed by atoms with van der Waals surface area (Å²) in [5.41, 5.74) is 0.728. The third-order valence-corrected chi connectivity index (χ3v) is 6.93. The van der Waals surface area contributed by atoms with Crippen LogP contribution < -0.4 is 16.0 Å². The van der Waals surface area contributed by atoms with Crippen LogP contribution in [0.3, 0.4) is 0 Å². The molecule has 1 spiro atoms. The number of carbonyl (C=O) groups excluding carboxylic acids is 5. The van der Waals surface area contributed by atoms with Crippen molar-refractivity contribution in [3.63, 3.8) is 0 Å². The van der Waals surface area contributed by atoms with Crippen LogP contribution in [0.5, 0.6) is 0 Å². The van der Waals surface area contributed by atoms with Gasteiger partial charge in [-0.2, -0.15) is 0 Å². The van der Waals surface area contributed by atoms with Gasteiger partial charge in [0, 0.05) is 32.6 Å². The smallest absolute Gasteiger partial charge is 0.262 e. The predicted octanol–water partition coefficient (Wildman–Crippen LogP) is -0.858. The van der Waals surface area contributed by atoms with E-state index in [1.54, 1.807) is 18.2 Å². The number of imide groups is 2. The molecule has 5 rings (SSSR count). The SMILES string of the molecule is O=C1CCC(N2C(=O)c3ccc(CN4CCNC(=O)C45CCCNC5)cc3C2=O)C(=O)N1.